The highest BCUT2D eigenvalue weighted by atomic mass is 16.1. The number of hydrogen-bond donors (Lipinski definition) is 2. The highest BCUT2D eigenvalue weighted by Gasteiger charge is 2.24. The number of rotatable bonds is 2. The Morgan fingerprint density at radius 3 is 3.19 bits per heavy atom. The Hall–Kier alpha value is -1.49. The molecule has 0 saturated carbocycles. The van der Waals surface area contributed by atoms with Crippen molar-refractivity contribution < 1.29 is 4.79 Å². The van der Waals surface area contributed by atoms with E-state index in [0.717, 1.165) is 19.4 Å². The van der Waals surface area contributed by atoms with Crippen LogP contribution in [0, 0.1) is 5.92 Å². The summed E-state index contributed by atoms with van der Waals surface area (Å²) in [6.07, 6.45) is 3.35. The molecule has 1 aliphatic rings. The van der Waals surface area contributed by atoms with E-state index in [1.54, 1.807) is 18.3 Å². The topological polar surface area (TPSA) is 66.9 Å². The monoisotopic (exact) mass is 220 g/mol. The maximum Gasteiger partial charge on any atom is 0.228 e. The van der Waals surface area contributed by atoms with Gasteiger partial charge in [0, 0.05) is 18.2 Å². The van der Waals surface area contributed by atoms with Crippen LogP contribution >= 0.6 is 0 Å². The second-order valence-corrected chi connectivity index (χ2v) is 4.17. The molecule has 0 spiro atoms. The first kappa shape index (κ1) is 11.0. The van der Waals surface area contributed by atoms with Gasteiger partial charge in [-0.1, -0.05) is 0 Å². The van der Waals surface area contributed by atoms with Gasteiger partial charge in [0.15, 0.2) is 5.82 Å². The molecule has 2 atom stereocenters. The van der Waals surface area contributed by atoms with Crippen molar-refractivity contribution in [3.8, 4) is 0 Å². The number of anilines is 1. The third kappa shape index (κ3) is 2.76. The Kier molecular flexibility index (Phi) is 3.46. The fourth-order valence-corrected chi connectivity index (χ4v) is 1.97. The lowest BCUT2D eigenvalue weighted by Gasteiger charge is -2.26. The van der Waals surface area contributed by atoms with Gasteiger partial charge >= 0.3 is 0 Å². The van der Waals surface area contributed by atoms with E-state index < -0.39 is 0 Å². The van der Waals surface area contributed by atoms with E-state index in [4.69, 9.17) is 0 Å². The van der Waals surface area contributed by atoms with Crippen molar-refractivity contribution in [2.75, 3.05) is 11.9 Å². The van der Waals surface area contributed by atoms with Crippen molar-refractivity contribution in [3.05, 3.63) is 18.3 Å². The molecule has 1 aromatic rings. The number of piperidine rings is 1. The van der Waals surface area contributed by atoms with Crippen molar-refractivity contribution in [3.63, 3.8) is 0 Å². The lowest BCUT2D eigenvalue weighted by Crippen LogP contribution is -2.40. The second-order valence-electron chi connectivity index (χ2n) is 4.17. The minimum atomic E-state index is 0.0499. The van der Waals surface area contributed by atoms with Gasteiger partial charge in [-0.05, 0) is 38.4 Å². The van der Waals surface area contributed by atoms with Crippen molar-refractivity contribution in [2.24, 2.45) is 5.92 Å². The summed E-state index contributed by atoms with van der Waals surface area (Å²) in [5.74, 6) is 0.658. The van der Waals surface area contributed by atoms with Crippen LogP contribution < -0.4 is 10.6 Å². The van der Waals surface area contributed by atoms with Gasteiger partial charge in [0.1, 0.15) is 0 Å². The number of carbonyl (C=O) groups excluding carboxylic acids is 1. The highest BCUT2D eigenvalue weighted by Crippen LogP contribution is 2.17. The number of nitrogens with one attached hydrogen (secondary N) is 2. The first-order valence-electron chi connectivity index (χ1n) is 5.57. The molecule has 1 saturated heterocycles. The van der Waals surface area contributed by atoms with Crippen LogP contribution in [-0.4, -0.2) is 28.7 Å². The van der Waals surface area contributed by atoms with Gasteiger partial charge < -0.3 is 10.6 Å². The van der Waals surface area contributed by atoms with Gasteiger partial charge in [-0.3, -0.25) is 4.79 Å². The first-order valence-corrected chi connectivity index (χ1v) is 5.57. The van der Waals surface area contributed by atoms with Gasteiger partial charge in [0.05, 0.1) is 0 Å². The third-order valence-electron chi connectivity index (χ3n) is 2.82. The number of nitrogens with zero attached hydrogens (tertiary/aromatic N) is 2. The molecule has 5 nitrogen and oxygen atoms in total. The van der Waals surface area contributed by atoms with Crippen LogP contribution in [0.15, 0.2) is 18.3 Å². The second kappa shape index (κ2) is 5.03. The zero-order valence-electron chi connectivity index (χ0n) is 9.31. The largest absolute Gasteiger partial charge is 0.314 e. The summed E-state index contributed by atoms with van der Waals surface area (Å²) < 4.78 is 0. The molecule has 86 valence electrons. The van der Waals surface area contributed by atoms with Crippen LogP contribution in [-0.2, 0) is 4.79 Å². The summed E-state index contributed by atoms with van der Waals surface area (Å²) in [6, 6.07) is 3.91. The number of amides is 1. The van der Waals surface area contributed by atoms with Crippen LogP contribution in [0.5, 0.6) is 0 Å². The third-order valence-corrected chi connectivity index (χ3v) is 2.82. The number of hydrogen-bond acceptors (Lipinski definition) is 4. The smallest absolute Gasteiger partial charge is 0.228 e. The molecule has 5 heteroatoms. The van der Waals surface area contributed by atoms with E-state index in [9.17, 15) is 4.79 Å². The normalized spacial score (nSPS) is 25.1. The molecule has 0 aromatic carbocycles. The first-order chi connectivity index (χ1) is 7.75. The molecule has 1 fully saturated rings. The molecule has 2 N–H and O–H groups in total. The minimum absolute atomic E-state index is 0.0499. The van der Waals surface area contributed by atoms with Gasteiger partial charge in [0.25, 0.3) is 0 Å². The maximum absolute atomic E-state index is 11.9. The van der Waals surface area contributed by atoms with Crippen LogP contribution in [0.1, 0.15) is 19.8 Å². The lowest BCUT2D eigenvalue weighted by atomic mass is 9.92. The van der Waals surface area contributed by atoms with E-state index in [1.807, 2.05) is 0 Å². The standard InChI is InChI=1S/C11H16N4O/c1-8-7-9(4-6-12-8)11(16)14-10-3-2-5-13-15-10/h2-3,5,8-9,12H,4,6-7H2,1H3,(H,14,15,16). The molecular weight excluding hydrogens is 204 g/mol. The van der Waals surface area contributed by atoms with E-state index >= 15 is 0 Å². The SMILES string of the molecule is CC1CC(C(=O)Nc2cccnn2)CCN1. The van der Waals surface area contributed by atoms with E-state index in [-0.39, 0.29) is 11.8 Å². The Bertz CT molecular complexity index is 354. The Balaban J connectivity index is 1.93. The van der Waals surface area contributed by atoms with Crippen molar-refractivity contribution >= 4 is 11.7 Å². The summed E-state index contributed by atoms with van der Waals surface area (Å²) in [4.78, 5) is 11.9. The molecule has 1 amide bonds. The predicted molar refractivity (Wildman–Crippen MR) is 60.9 cm³/mol. The average Bonchev–Trinajstić information content (AvgIpc) is 2.30. The van der Waals surface area contributed by atoms with Crippen molar-refractivity contribution in [1.82, 2.24) is 15.5 Å². The fourth-order valence-electron chi connectivity index (χ4n) is 1.97. The molecule has 2 heterocycles. The van der Waals surface area contributed by atoms with Crippen LogP contribution in [0.25, 0.3) is 0 Å². The average molecular weight is 220 g/mol. The predicted octanol–water partition coefficient (Wildman–Crippen LogP) is 0.803. The van der Waals surface area contributed by atoms with E-state index in [1.165, 1.54) is 0 Å². The Morgan fingerprint density at radius 1 is 1.62 bits per heavy atom. The van der Waals surface area contributed by atoms with Gasteiger partial charge in [0.2, 0.25) is 5.91 Å². The fraction of sp³-hybridized carbons (Fsp3) is 0.545. The van der Waals surface area contributed by atoms with Crippen molar-refractivity contribution in [2.45, 2.75) is 25.8 Å². The zero-order valence-corrected chi connectivity index (χ0v) is 9.31. The minimum Gasteiger partial charge on any atom is -0.314 e. The molecule has 16 heavy (non-hydrogen) atoms. The van der Waals surface area contributed by atoms with Crippen molar-refractivity contribution in [1.29, 1.82) is 0 Å². The van der Waals surface area contributed by atoms with Gasteiger partial charge in [-0.2, -0.15) is 5.10 Å². The highest BCUT2D eigenvalue weighted by molar-refractivity contribution is 5.91. The van der Waals surface area contributed by atoms with Crippen LogP contribution in [0.4, 0.5) is 5.82 Å². The number of carbonyl (C=O) groups is 1. The maximum atomic E-state index is 11.9. The molecule has 0 radical (unpaired) electrons. The quantitative estimate of drug-likeness (QED) is 0.773. The summed E-state index contributed by atoms with van der Waals surface area (Å²) in [7, 11) is 0. The molecule has 1 aromatic heterocycles. The Morgan fingerprint density at radius 2 is 2.50 bits per heavy atom. The van der Waals surface area contributed by atoms with Gasteiger partial charge in [-0.25, -0.2) is 0 Å². The summed E-state index contributed by atoms with van der Waals surface area (Å²) in [5, 5.41) is 13.7. The van der Waals surface area contributed by atoms with E-state index in [0.29, 0.717) is 11.9 Å². The van der Waals surface area contributed by atoms with Gasteiger partial charge in [-0.15, -0.1) is 5.10 Å². The molecule has 0 aliphatic carbocycles. The Labute approximate surface area is 94.6 Å². The number of aromatic nitrogens is 2. The molecule has 2 unspecified atom stereocenters. The molecule has 0 bridgehead atoms. The van der Waals surface area contributed by atoms with Crippen LogP contribution in [0.3, 0.4) is 0 Å². The molecule has 2 rings (SSSR count). The van der Waals surface area contributed by atoms with E-state index in [2.05, 4.69) is 27.8 Å². The molecule has 1 aliphatic heterocycles. The molecular formula is C11H16N4O. The summed E-state index contributed by atoms with van der Waals surface area (Å²) in [6.45, 7) is 3.00. The summed E-state index contributed by atoms with van der Waals surface area (Å²) in [5.41, 5.74) is 0. The van der Waals surface area contributed by atoms with Crippen LogP contribution in [0.2, 0.25) is 0 Å². The zero-order chi connectivity index (χ0) is 11.4. The lowest BCUT2D eigenvalue weighted by molar-refractivity contribution is -0.120. The summed E-state index contributed by atoms with van der Waals surface area (Å²) >= 11 is 0.